The number of phenols is 1. The average Bonchev–Trinajstić information content (AvgIpc) is 2.88. The van der Waals surface area contributed by atoms with Crippen molar-refractivity contribution in [1.29, 1.82) is 0 Å². The van der Waals surface area contributed by atoms with Gasteiger partial charge in [0.25, 0.3) is 0 Å². The highest BCUT2D eigenvalue weighted by atomic mass is 32.1. The molecule has 1 amide bonds. The van der Waals surface area contributed by atoms with Crippen LogP contribution in [0.5, 0.6) is 5.75 Å². The summed E-state index contributed by atoms with van der Waals surface area (Å²) in [5, 5.41) is 15.7. The molecule has 3 N–H and O–H groups in total. The van der Waals surface area contributed by atoms with Gasteiger partial charge in [-0.05, 0) is 49.0 Å². The van der Waals surface area contributed by atoms with Gasteiger partial charge in [-0.15, -0.1) is 0 Å². The Balaban J connectivity index is 1.88. The minimum atomic E-state index is -0.268. The van der Waals surface area contributed by atoms with E-state index in [4.69, 9.17) is 16.6 Å². The summed E-state index contributed by atoms with van der Waals surface area (Å²) < 4.78 is 5.69. The normalized spacial score (nSPS) is 10.6. The second kappa shape index (κ2) is 6.29. The lowest BCUT2D eigenvalue weighted by atomic mass is 10.2. The first-order valence-corrected chi connectivity index (χ1v) is 7.62. The molecule has 2 aromatic carbocycles. The molecule has 24 heavy (non-hydrogen) atoms. The van der Waals surface area contributed by atoms with Gasteiger partial charge in [0.2, 0.25) is 11.8 Å². The molecule has 0 aliphatic carbocycles. The van der Waals surface area contributed by atoms with Crippen molar-refractivity contribution in [2.75, 3.05) is 5.32 Å². The first-order chi connectivity index (χ1) is 11.4. The lowest BCUT2D eigenvalue weighted by molar-refractivity contribution is -0.117. The lowest BCUT2D eigenvalue weighted by Gasteiger charge is -2.09. The minimum Gasteiger partial charge on any atom is -0.507 e. The van der Waals surface area contributed by atoms with Crippen molar-refractivity contribution in [3.05, 3.63) is 42.0 Å². The number of rotatable bonds is 2. The lowest BCUT2D eigenvalue weighted by Crippen LogP contribution is -2.32. The number of carbonyl (C=O) groups excluding carboxylic acids is 1. The number of nitrogens with zero attached hydrogens (tertiary/aromatic N) is 1. The van der Waals surface area contributed by atoms with Crippen molar-refractivity contribution in [1.82, 2.24) is 10.3 Å². The standard InChI is InChI=1S/C17H15N3O3S/c1-9-3-6-15-13(7-9)20-16(23-15)12-5-4-11(8-14(12)22)19-17(24)18-10(2)21/h3-8,22H,1-2H3,(H2,18,19,21,24). The van der Waals surface area contributed by atoms with Crippen molar-refractivity contribution in [2.45, 2.75) is 13.8 Å². The highest BCUT2D eigenvalue weighted by Crippen LogP contribution is 2.33. The molecule has 3 aromatic rings. The molecule has 0 fully saturated rings. The average molecular weight is 341 g/mol. The number of aromatic hydroxyl groups is 1. The molecule has 0 spiro atoms. The zero-order chi connectivity index (χ0) is 17.3. The number of aryl methyl sites for hydroxylation is 1. The summed E-state index contributed by atoms with van der Waals surface area (Å²) in [6, 6.07) is 10.6. The predicted molar refractivity (Wildman–Crippen MR) is 95.9 cm³/mol. The fourth-order valence-electron chi connectivity index (χ4n) is 2.27. The largest absolute Gasteiger partial charge is 0.507 e. The van der Waals surface area contributed by atoms with E-state index < -0.39 is 0 Å². The van der Waals surface area contributed by atoms with Gasteiger partial charge in [-0.2, -0.15) is 0 Å². The molecule has 0 unspecified atom stereocenters. The van der Waals surface area contributed by atoms with Crippen LogP contribution in [-0.2, 0) is 4.79 Å². The van der Waals surface area contributed by atoms with E-state index in [0.717, 1.165) is 11.1 Å². The monoisotopic (exact) mass is 341 g/mol. The van der Waals surface area contributed by atoms with Gasteiger partial charge in [0.05, 0.1) is 5.56 Å². The number of thiocarbonyl (C=S) groups is 1. The molecule has 0 radical (unpaired) electrons. The number of hydrogen-bond donors (Lipinski definition) is 3. The van der Waals surface area contributed by atoms with Crippen LogP contribution >= 0.6 is 12.2 Å². The molecule has 3 rings (SSSR count). The van der Waals surface area contributed by atoms with Crippen molar-refractivity contribution in [2.24, 2.45) is 0 Å². The molecule has 0 atom stereocenters. The van der Waals surface area contributed by atoms with Crippen molar-refractivity contribution in [3.8, 4) is 17.2 Å². The highest BCUT2D eigenvalue weighted by molar-refractivity contribution is 7.80. The van der Waals surface area contributed by atoms with E-state index in [2.05, 4.69) is 15.6 Å². The number of aromatic nitrogens is 1. The van der Waals surface area contributed by atoms with E-state index in [1.165, 1.54) is 13.0 Å². The van der Waals surface area contributed by atoms with E-state index in [1.54, 1.807) is 12.1 Å². The molecule has 7 heteroatoms. The molecular weight excluding hydrogens is 326 g/mol. The van der Waals surface area contributed by atoms with E-state index in [1.807, 2.05) is 25.1 Å². The van der Waals surface area contributed by atoms with Gasteiger partial charge < -0.3 is 20.2 Å². The molecule has 0 aliphatic rings. The summed E-state index contributed by atoms with van der Waals surface area (Å²) in [5.74, 6) is 0.0631. The highest BCUT2D eigenvalue weighted by Gasteiger charge is 2.13. The Bertz CT molecular complexity index is 949. The second-order valence-corrected chi connectivity index (χ2v) is 5.77. The third-order valence-corrected chi connectivity index (χ3v) is 3.52. The van der Waals surface area contributed by atoms with Crippen LogP contribution in [0, 0.1) is 6.92 Å². The van der Waals surface area contributed by atoms with Crippen molar-refractivity contribution in [3.63, 3.8) is 0 Å². The van der Waals surface area contributed by atoms with Gasteiger partial charge >= 0.3 is 0 Å². The Morgan fingerprint density at radius 3 is 2.75 bits per heavy atom. The van der Waals surface area contributed by atoms with Crippen LogP contribution in [0.2, 0.25) is 0 Å². The van der Waals surface area contributed by atoms with Crippen LogP contribution in [0.4, 0.5) is 5.69 Å². The number of nitrogens with one attached hydrogen (secondary N) is 2. The number of amides is 1. The minimum absolute atomic E-state index is 0.00565. The summed E-state index contributed by atoms with van der Waals surface area (Å²) in [4.78, 5) is 15.4. The third-order valence-electron chi connectivity index (χ3n) is 3.32. The van der Waals surface area contributed by atoms with Crippen LogP contribution in [0.1, 0.15) is 12.5 Å². The predicted octanol–water partition coefficient (Wildman–Crippen LogP) is 3.34. The van der Waals surface area contributed by atoms with Gasteiger partial charge in [-0.3, -0.25) is 4.79 Å². The summed E-state index contributed by atoms with van der Waals surface area (Å²) in [6.45, 7) is 3.34. The molecule has 1 aromatic heterocycles. The van der Waals surface area contributed by atoms with Crippen molar-refractivity contribution < 1.29 is 14.3 Å². The maximum absolute atomic E-state index is 11.0. The zero-order valence-electron chi connectivity index (χ0n) is 13.1. The van der Waals surface area contributed by atoms with Gasteiger partial charge in [-0.25, -0.2) is 4.98 Å². The van der Waals surface area contributed by atoms with Gasteiger partial charge in [0.1, 0.15) is 11.3 Å². The SMILES string of the molecule is CC(=O)NC(=S)Nc1ccc(-c2nc3cc(C)ccc3o2)c(O)c1. The van der Waals surface area contributed by atoms with Crippen LogP contribution in [0.25, 0.3) is 22.6 Å². The van der Waals surface area contributed by atoms with Crippen LogP contribution in [0.15, 0.2) is 40.8 Å². The van der Waals surface area contributed by atoms with Gasteiger partial charge in [0.15, 0.2) is 10.7 Å². The van der Waals surface area contributed by atoms with E-state index in [9.17, 15) is 9.90 Å². The number of carbonyl (C=O) groups is 1. The fourth-order valence-corrected chi connectivity index (χ4v) is 2.53. The molecule has 122 valence electrons. The zero-order valence-corrected chi connectivity index (χ0v) is 13.9. The Morgan fingerprint density at radius 2 is 2.04 bits per heavy atom. The van der Waals surface area contributed by atoms with Crippen LogP contribution in [-0.4, -0.2) is 21.1 Å². The quantitative estimate of drug-likeness (QED) is 0.620. The molecule has 0 bridgehead atoms. The first-order valence-electron chi connectivity index (χ1n) is 7.21. The number of phenolic OH excluding ortho intramolecular Hbond substituents is 1. The number of anilines is 1. The molecule has 0 saturated carbocycles. The fraction of sp³-hybridized carbons (Fsp3) is 0.118. The number of hydrogen-bond acceptors (Lipinski definition) is 5. The topological polar surface area (TPSA) is 87.4 Å². The summed E-state index contributed by atoms with van der Waals surface area (Å²) in [7, 11) is 0. The first kappa shape index (κ1) is 15.9. The number of fused-ring (bicyclic) bond motifs is 1. The van der Waals surface area contributed by atoms with Crippen molar-refractivity contribution >= 4 is 40.0 Å². The maximum atomic E-state index is 11.0. The second-order valence-electron chi connectivity index (χ2n) is 5.36. The summed E-state index contributed by atoms with van der Waals surface area (Å²) in [5.41, 5.74) is 3.49. The molecule has 1 heterocycles. The Labute approximate surface area is 143 Å². The number of oxazole rings is 1. The van der Waals surface area contributed by atoms with Crippen LogP contribution < -0.4 is 10.6 Å². The van der Waals surface area contributed by atoms with E-state index in [0.29, 0.717) is 22.7 Å². The van der Waals surface area contributed by atoms with Gasteiger partial charge in [-0.1, -0.05) is 6.07 Å². The summed E-state index contributed by atoms with van der Waals surface area (Å²) in [6.07, 6.45) is 0. The Hall–Kier alpha value is -2.93. The Kier molecular flexibility index (Phi) is 4.18. The molecule has 0 saturated heterocycles. The van der Waals surface area contributed by atoms with Crippen LogP contribution in [0.3, 0.4) is 0 Å². The van der Waals surface area contributed by atoms with E-state index in [-0.39, 0.29) is 16.8 Å². The molecule has 6 nitrogen and oxygen atoms in total. The number of benzene rings is 2. The summed E-state index contributed by atoms with van der Waals surface area (Å²) >= 11 is 4.98. The van der Waals surface area contributed by atoms with Gasteiger partial charge in [0, 0.05) is 18.7 Å². The maximum Gasteiger partial charge on any atom is 0.231 e. The molecular formula is C17H15N3O3S. The third kappa shape index (κ3) is 3.36. The smallest absolute Gasteiger partial charge is 0.231 e. The van der Waals surface area contributed by atoms with E-state index >= 15 is 0 Å². The molecule has 0 aliphatic heterocycles. The Morgan fingerprint density at radius 1 is 1.25 bits per heavy atom.